The number of methoxy groups -OCH3 is 1. The Morgan fingerprint density at radius 1 is 1.62 bits per heavy atom. The van der Waals surface area contributed by atoms with Crippen molar-refractivity contribution in [3.05, 3.63) is 0 Å². The molecule has 0 saturated heterocycles. The third-order valence-electron chi connectivity index (χ3n) is 0.368. The first-order valence-electron chi connectivity index (χ1n) is 1.77. The minimum absolute atomic E-state index is 1.06. The Hall–Kier alpha value is -0.745. The summed E-state index contributed by atoms with van der Waals surface area (Å²) in [6, 6.07) is 0. The molecular formula is C2H5BO5. The van der Waals surface area contributed by atoms with E-state index in [-0.39, 0.29) is 0 Å². The molecule has 0 aromatic heterocycles. The van der Waals surface area contributed by atoms with Crippen LogP contribution in [0.4, 0.5) is 4.79 Å². The van der Waals surface area contributed by atoms with Crippen LogP contribution in [0.25, 0.3) is 0 Å². The Bertz CT molecular complexity index is 80.5. The summed E-state index contributed by atoms with van der Waals surface area (Å²) >= 11 is 0. The normalized spacial score (nSPS) is 7.88. The lowest BCUT2D eigenvalue weighted by molar-refractivity contribution is 0.0996. The summed E-state index contributed by atoms with van der Waals surface area (Å²) in [6.07, 6.45) is -1.13. The van der Waals surface area contributed by atoms with Crippen molar-refractivity contribution in [3.63, 3.8) is 0 Å². The minimum Gasteiger partial charge on any atom is -0.452 e. The van der Waals surface area contributed by atoms with Crippen molar-refractivity contribution in [2.75, 3.05) is 7.11 Å². The lowest BCUT2D eigenvalue weighted by atomic mass is 10.3. The van der Waals surface area contributed by atoms with Gasteiger partial charge in [-0.25, -0.2) is 4.79 Å². The molecule has 0 spiro atoms. The van der Waals surface area contributed by atoms with Crippen LogP contribution in [0.15, 0.2) is 0 Å². The summed E-state index contributed by atoms with van der Waals surface area (Å²) in [5.41, 5.74) is 0. The standard InChI is InChI=1S/C2H5BO5/c1-7-2(4)8-3(5)6/h5-6H,1H3. The molecule has 5 nitrogen and oxygen atoms in total. The predicted molar refractivity (Wildman–Crippen MR) is 23.7 cm³/mol. The summed E-state index contributed by atoms with van der Waals surface area (Å²) in [7, 11) is -1.03. The predicted octanol–water partition coefficient (Wildman–Crippen LogP) is -1.26. The first-order valence-corrected chi connectivity index (χ1v) is 1.77. The van der Waals surface area contributed by atoms with Gasteiger partial charge >= 0.3 is 13.5 Å². The highest BCUT2D eigenvalue weighted by atomic mass is 16.8. The zero-order valence-corrected chi connectivity index (χ0v) is 4.20. The largest absolute Gasteiger partial charge is 0.711 e. The lowest BCUT2D eigenvalue weighted by Crippen LogP contribution is -2.21. The van der Waals surface area contributed by atoms with Gasteiger partial charge < -0.3 is 19.4 Å². The summed E-state index contributed by atoms with van der Waals surface area (Å²) in [6.45, 7) is 0. The Balaban J connectivity index is 3.25. The maximum atomic E-state index is 9.86. The van der Waals surface area contributed by atoms with E-state index in [1.54, 1.807) is 0 Å². The van der Waals surface area contributed by atoms with Gasteiger partial charge in [0.1, 0.15) is 0 Å². The number of hydrogen-bond donors (Lipinski definition) is 2. The van der Waals surface area contributed by atoms with Gasteiger partial charge in [0.05, 0.1) is 7.11 Å². The number of rotatable bonds is 1. The van der Waals surface area contributed by atoms with Crippen LogP contribution in [0.1, 0.15) is 0 Å². The van der Waals surface area contributed by atoms with Gasteiger partial charge in [-0.15, -0.1) is 0 Å². The van der Waals surface area contributed by atoms with Gasteiger partial charge in [0.25, 0.3) is 0 Å². The van der Waals surface area contributed by atoms with Gasteiger partial charge in [0, 0.05) is 0 Å². The van der Waals surface area contributed by atoms with E-state index in [4.69, 9.17) is 10.0 Å². The van der Waals surface area contributed by atoms with E-state index in [0.717, 1.165) is 7.11 Å². The third-order valence-corrected chi connectivity index (χ3v) is 0.368. The van der Waals surface area contributed by atoms with E-state index in [1.807, 2.05) is 0 Å². The van der Waals surface area contributed by atoms with Crippen molar-refractivity contribution in [1.82, 2.24) is 0 Å². The fourth-order valence-electron chi connectivity index (χ4n) is 0.134. The van der Waals surface area contributed by atoms with Crippen LogP contribution >= 0.6 is 0 Å². The molecule has 0 amide bonds. The molecule has 0 aromatic rings. The Kier molecular flexibility index (Phi) is 2.98. The second kappa shape index (κ2) is 3.28. The van der Waals surface area contributed by atoms with E-state index in [2.05, 4.69) is 9.39 Å². The summed E-state index contributed by atoms with van der Waals surface area (Å²) < 4.78 is 7.53. The zero-order valence-electron chi connectivity index (χ0n) is 4.20. The number of carbonyl (C=O) groups excluding carboxylic acids is 1. The van der Waals surface area contributed by atoms with Crippen molar-refractivity contribution in [2.24, 2.45) is 0 Å². The van der Waals surface area contributed by atoms with Gasteiger partial charge in [0.2, 0.25) is 0 Å². The molecule has 0 fully saturated rings. The van der Waals surface area contributed by atoms with E-state index < -0.39 is 13.5 Å². The van der Waals surface area contributed by atoms with E-state index in [0.29, 0.717) is 0 Å². The van der Waals surface area contributed by atoms with Gasteiger partial charge in [0.15, 0.2) is 0 Å². The Morgan fingerprint density at radius 3 is 2.25 bits per heavy atom. The van der Waals surface area contributed by atoms with Crippen molar-refractivity contribution in [2.45, 2.75) is 0 Å². The fraction of sp³-hybridized carbons (Fsp3) is 0.500. The van der Waals surface area contributed by atoms with Crippen molar-refractivity contribution in [3.8, 4) is 0 Å². The highest BCUT2D eigenvalue weighted by Gasteiger charge is 2.15. The third kappa shape index (κ3) is 3.45. The zero-order chi connectivity index (χ0) is 6.57. The first kappa shape index (κ1) is 7.25. The van der Waals surface area contributed by atoms with Gasteiger partial charge in [-0.2, -0.15) is 0 Å². The molecule has 0 aliphatic rings. The monoisotopic (exact) mass is 120 g/mol. The highest BCUT2D eigenvalue weighted by Crippen LogP contribution is 1.80. The Labute approximate surface area is 46.0 Å². The molecule has 0 aliphatic carbocycles. The minimum atomic E-state index is -2.09. The number of carbonyl (C=O) groups is 1. The molecule has 0 saturated carbocycles. The maximum Gasteiger partial charge on any atom is 0.711 e. The van der Waals surface area contributed by atoms with Gasteiger partial charge in [-0.05, 0) is 0 Å². The van der Waals surface area contributed by atoms with Crippen molar-refractivity contribution >= 4 is 13.5 Å². The molecule has 0 unspecified atom stereocenters. The molecule has 0 atom stereocenters. The smallest absolute Gasteiger partial charge is 0.452 e. The molecule has 0 aromatic carbocycles. The molecule has 8 heavy (non-hydrogen) atoms. The summed E-state index contributed by atoms with van der Waals surface area (Å²) in [5, 5.41) is 15.8. The number of ether oxygens (including phenoxy) is 1. The SMILES string of the molecule is COC(=O)OB(O)O. The molecule has 6 heteroatoms. The van der Waals surface area contributed by atoms with Crippen LogP contribution < -0.4 is 0 Å². The van der Waals surface area contributed by atoms with Crippen molar-refractivity contribution < 1.29 is 24.2 Å². The lowest BCUT2D eigenvalue weighted by Gasteiger charge is -1.97. The Morgan fingerprint density at radius 2 is 2.12 bits per heavy atom. The van der Waals surface area contributed by atoms with Crippen LogP contribution in [0.2, 0.25) is 0 Å². The summed E-state index contributed by atoms with van der Waals surface area (Å²) in [4.78, 5) is 9.86. The fourth-order valence-corrected chi connectivity index (χ4v) is 0.134. The van der Waals surface area contributed by atoms with E-state index in [1.165, 1.54) is 0 Å². The highest BCUT2D eigenvalue weighted by molar-refractivity contribution is 6.35. The van der Waals surface area contributed by atoms with Crippen LogP contribution in [-0.2, 0) is 9.39 Å². The average molecular weight is 120 g/mol. The second-order valence-electron chi connectivity index (χ2n) is 0.898. The maximum absolute atomic E-state index is 9.86. The van der Waals surface area contributed by atoms with Crippen LogP contribution in [0.5, 0.6) is 0 Å². The van der Waals surface area contributed by atoms with E-state index in [9.17, 15) is 4.79 Å². The molecule has 46 valence electrons. The average Bonchev–Trinajstić information content (AvgIpc) is 1.65. The van der Waals surface area contributed by atoms with Gasteiger partial charge in [-0.3, -0.25) is 0 Å². The van der Waals surface area contributed by atoms with E-state index >= 15 is 0 Å². The molecule has 0 radical (unpaired) electrons. The molecule has 0 heterocycles. The molecule has 2 N–H and O–H groups in total. The molecular weight excluding hydrogens is 115 g/mol. The summed E-state index contributed by atoms with van der Waals surface area (Å²) in [5.74, 6) is 0. The van der Waals surface area contributed by atoms with Gasteiger partial charge in [-0.1, -0.05) is 0 Å². The topological polar surface area (TPSA) is 76.0 Å². The quantitative estimate of drug-likeness (QED) is 0.333. The molecule has 0 rings (SSSR count). The molecule has 0 bridgehead atoms. The number of hydrogen-bond acceptors (Lipinski definition) is 5. The van der Waals surface area contributed by atoms with Crippen LogP contribution in [0.3, 0.4) is 0 Å². The van der Waals surface area contributed by atoms with Crippen molar-refractivity contribution in [1.29, 1.82) is 0 Å². The molecule has 0 aliphatic heterocycles. The van der Waals surface area contributed by atoms with Crippen LogP contribution in [-0.4, -0.2) is 30.6 Å². The van der Waals surface area contributed by atoms with Crippen LogP contribution in [0, 0.1) is 0 Å². The second-order valence-corrected chi connectivity index (χ2v) is 0.898. The first-order chi connectivity index (χ1) is 3.66.